The van der Waals surface area contributed by atoms with Gasteiger partial charge < -0.3 is 9.67 Å². The summed E-state index contributed by atoms with van der Waals surface area (Å²) in [4.78, 5) is 6.47. The number of hydrogen-bond acceptors (Lipinski definition) is 5. The SMILES string of the molecule is O=S1(=O)CCC(N(CCO)Cc2nccn2Cc2ccccc2)C1. The molecular formula is C17H23N3O3S. The van der Waals surface area contributed by atoms with Crippen LogP contribution in [-0.4, -0.2) is 58.7 Å². The smallest absolute Gasteiger partial charge is 0.151 e. The van der Waals surface area contributed by atoms with Crippen LogP contribution in [0.1, 0.15) is 17.8 Å². The van der Waals surface area contributed by atoms with Crippen molar-refractivity contribution in [3.05, 3.63) is 54.1 Å². The maximum atomic E-state index is 11.8. The lowest BCUT2D eigenvalue weighted by Gasteiger charge is -2.27. The number of aromatic nitrogens is 2. The van der Waals surface area contributed by atoms with Crippen LogP contribution in [0.25, 0.3) is 0 Å². The summed E-state index contributed by atoms with van der Waals surface area (Å²) in [6, 6.07) is 10.1. The Bertz CT molecular complexity index is 758. The molecule has 0 saturated carbocycles. The summed E-state index contributed by atoms with van der Waals surface area (Å²) in [5, 5.41) is 9.34. The van der Waals surface area contributed by atoms with E-state index in [-0.39, 0.29) is 24.2 Å². The van der Waals surface area contributed by atoms with Crippen LogP contribution < -0.4 is 0 Å². The molecule has 24 heavy (non-hydrogen) atoms. The van der Waals surface area contributed by atoms with Crippen LogP contribution in [-0.2, 0) is 22.9 Å². The average molecular weight is 349 g/mol. The number of aliphatic hydroxyl groups excluding tert-OH is 1. The number of benzene rings is 1. The molecule has 130 valence electrons. The van der Waals surface area contributed by atoms with Crippen LogP contribution in [0.3, 0.4) is 0 Å². The zero-order valence-electron chi connectivity index (χ0n) is 13.6. The van der Waals surface area contributed by atoms with Crippen molar-refractivity contribution in [1.82, 2.24) is 14.5 Å². The van der Waals surface area contributed by atoms with Gasteiger partial charge in [-0.2, -0.15) is 0 Å². The zero-order chi connectivity index (χ0) is 17.0. The number of sulfone groups is 1. The molecule has 0 aliphatic carbocycles. The standard InChI is InChI=1S/C17H23N3O3S/c21-10-9-19(16-6-11-24(22,23)14-16)13-17-18-7-8-20(17)12-15-4-2-1-3-5-15/h1-5,7-8,16,21H,6,9-14H2. The fourth-order valence-electron chi connectivity index (χ4n) is 3.18. The van der Waals surface area contributed by atoms with E-state index in [0.717, 1.165) is 12.4 Å². The first-order valence-electron chi connectivity index (χ1n) is 8.17. The number of rotatable bonds is 7. The minimum Gasteiger partial charge on any atom is -0.395 e. The first-order valence-corrected chi connectivity index (χ1v) is 9.99. The highest BCUT2D eigenvalue weighted by Gasteiger charge is 2.32. The predicted octanol–water partition coefficient (Wildman–Crippen LogP) is 0.913. The molecule has 1 aromatic carbocycles. The zero-order valence-corrected chi connectivity index (χ0v) is 14.4. The summed E-state index contributed by atoms with van der Waals surface area (Å²) in [6.07, 6.45) is 4.33. The molecule has 2 aromatic rings. The third-order valence-corrected chi connectivity index (χ3v) is 6.20. The third-order valence-electron chi connectivity index (χ3n) is 4.45. The van der Waals surface area contributed by atoms with Gasteiger partial charge in [-0.1, -0.05) is 30.3 Å². The Balaban J connectivity index is 1.73. The van der Waals surface area contributed by atoms with E-state index in [9.17, 15) is 13.5 Å². The Kier molecular flexibility index (Phi) is 5.33. The first kappa shape index (κ1) is 17.1. The van der Waals surface area contributed by atoms with E-state index in [1.807, 2.05) is 29.3 Å². The molecule has 0 radical (unpaired) electrons. The maximum Gasteiger partial charge on any atom is 0.151 e. The second kappa shape index (κ2) is 7.46. The predicted molar refractivity (Wildman–Crippen MR) is 92.3 cm³/mol. The highest BCUT2D eigenvalue weighted by molar-refractivity contribution is 7.91. The Hall–Kier alpha value is -1.70. The molecule has 7 heteroatoms. The van der Waals surface area contributed by atoms with E-state index in [2.05, 4.69) is 21.7 Å². The second-order valence-corrected chi connectivity index (χ2v) is 8.44. The van der Waals surface area contributed by atoms with E-state index in [0.29, 0.717) is 19.5 Å². The van der Waals surface area contributed by atoms with Gasteiger partial charge >= 0.3 is 0 Å². The van der Waals surface area contributed by atoms with Crippen LogP contribution in [0.2, 0.25) is 0 Å². The lowest BCUT2D eigenvalue weighted by atomic mass is 10.2. The van der Waals surface area contributed by atoms with Crippen molar-refractivity contribution in [3.8, 4) is 0 Å². The monoisotopic (exact) mass is 349 g/mol. The summed E-state index contributed by atoms with van der Waals surface area (Å²) in [7, 11) is -2.95. The van der Waals surface area contributed by atoms with Crippen LogP contribution in [0.4, 0.5) is 0 Å². The molecule has 0 amide bonds. The van der Waals surface area contributed by atoms with Crippen LogP contribution in [0, 0.1) is 0 Å². The largest absolute Gasteiger partial charge is 0.395 e. The fraction of sp³-hybridized carbons (Fsp3) is 0.471. The molecule has 0 bridgehead atoms. The van der Waals surface area contributed by atoms with Crippen molar-refractivity contribution >= 4 is 9.84 Å². The van der Waals surface area contributed by atoms with Crippen molar-refractivity contribution in [1.29, 1.82) is 0 Å². The molecule has 2 heterocycles. The average Bonchev–Trinajstić information content (AvgIpc) is 3.14. The molecule has 0 spiro atoms. The fourth-order valence-corrected chi connectivity index (χ4v) is 4.94. The maximum absolute atomic E-state index is 11.8. The molecule has 6 nitrogen and oxygen atoms in total. The normalized spacial score (nSPS) is 19.8. The van der Waals surface area contributed by atoms with Crippen LogP contribution in [0.15, 0.2) is 42.7 Å². The van der Waals surface area contributed by atoms with Gasteiger partial charge in [0.15, 0.2) is 9.84 Å². The van der Waals surface area contributed by atoms with E-state index >= 15 is 0 Å². The van der Waals surface area contributed by atoms with Crippen LogP contribution >= 0.6 is 0 Å². The van der Waals surface area contributed by atoms with Gasteiger partial charge in [-0.15, -0.1) is 0 Å². The van der Waals surface area contributed by atoms with Gasteiger partial charge in [0.25, 0.3) is 0 Å². The molecule has 1 saturated heterocycles. The summed E-state index contributed by atoms with van der Waals surface area (Å²) in [6.45, 7) is 1.74. The molecule has 1 aliphatic rings. The molecule has 3 rings (SSSR count). The second-order valence-electron chi connectivity index (χ2n) is 6.21. The molecule has 1 aliphatic heterocycles. The molecule has 1 atom stereocenters. The minimum absolute atomic E-state index is 0.00986. The van der Waals surface area contributed by atoms with Crippen molar-refractivity contribution in [3.63, 3.8) is 0 Å². The molecule has 1 unspecified atom stereocenters. The summed E-state index contributed by atoms with van der Waals surface area (Å²) in [5.41, 5.74) is 1.19. The van der Waals surface area contributed by atoms with E-state index in [1.54, 1.807) is 6.20 Å². The van der Waals surface area contributed by atoms with Crippen LogP contribution in [0.5, 0.6) is 0 Å². The molecular weight excluding hydrogens is 326 g/mol. The summed E-state index contributed by atoms with van der Waals surface area (Å²) < 4.78 is 25.6. The van der Waals surface area contributed by atoms with Crippen molar-refractivity contribution in [2.75, 3.05) is 24.7 Å². The van der Waals surface area contributed by atoms with Gasteiger partial charge in [-0.05, 0) is 12.0 Å². The lowest BCUT2D eigenvalue weighted by molar-refractivity contribution is 0.149. The number of aliphatic hydroxyl groups is 1. The Morgan fingerprint density at radius 2 is 2.08 bits per heavy atom. The number of nitrogens with zero attached hydrogens (tertiary/aromatic N) is 3. The molecule has 1 fully saturated rings. The topological polar surface area (TPSA) is 75.4 Å². The van der Waals surface area contributed by atoms with E-state index in [1.165, 1.54) is 5.56 Å². The van der Waals surface area contributed by atoms with Gasteiger partial charge in [0.05, 0.1) is 24.7 Å². The lowest BCUT2D eigenvalue weighted by Crippen LogP contribution is -2.38. The van der Waals surface area contributed by atoms with E-state index < -0.39 is 9.84 Å². The molecule has 1 aromatic heterocycles. The van der Waals surface area contributed by atoms with Crippen molar-refractivity contribution < 1.29 is 13.5 Å². The number of hydrogen-bond donors (Lipinski definition) is 1. The van der Waals surface area contributed by atoms with Gasteiger partial charge in [0.2, 0.25) is 0 Å². The summed E-state index contributed by atoms with van der Waals surface area (Å²) in [5.74, 6) is 1.29. The Labute approximate surface area is 142 Å². The molecule has 1 N–H and O–H groups in total. The Morgan fingerprint density at radius 3 is 2.75 bits per heavy atom. The van der Waals surface area contributed by atoms with Crippen molar-refractivity contribution in [2.45, 2.75) is 25.6 Å². The van der Waals surface area contributed by atoms with Gasteiger partial charge in [-0.25, -0.2) is 13.4 Å². The minimum atomic E-state index is -2.95. The van der Waals surface area contributed by atoms with Gasteiger partial charge in [-0.3, -0.25) is 4.90 Å². The highest BCUT2D eigenvalue weighted by atomic mass is 32.2. The third kappa shape index (κ3) is 4.23. The van der Waals surface area contributed by atoms with E-state index in [4.69, 9.17) is 0 Å². The Morgan fingerprint density at radius 1 is 1.29 bits per heavy atom. The highest BCUT2D eigenvalue weighted by Crippen LogP contribution is 2.19. The summed E-state index contributed by atoms with van der Waals surface area (Å²) >= 11 is 0. The number of imidazole rings is 1. The quantitative estimate of drug-likeness (QED) is 0.804. The van der Waals surface area contributed by atoms with Gasteiger partial charge in [0, 0.05) is 31.5 Å². The van der Waals surface area contributed by atoms with Crippen molar-refractivity contribution in [2.24, 2.45) is 0 Å². The first-order chi connectivity index (χ1) is 11.6. The van der Waals surface area contributed by atoms with Gasteiger partial charge in [0.1, 0.15) is 5.82 Å².